The lowest BCUT2D eigenvalue weighted by Gasteiger charge is -2.38. The van der Waals surface area contributed by atoms with Gasteiger partial charge in [0.05, 0.1) is 10.6 Å². The molecule has 3 atom stereocenters. The van der Waals surface area contributed by atoms with E-state index in [0.29, 0.717) is 49.9 Å². The van der Waals surface area contributed by atoms with E-state index in [1.165, 1.54) is 6.42 Å². The summed E-state index contributed by atoms with van der Waals surface area (Å²) in [5.74, 6) is 1.64. The van der Waals surface area contributed by atoms with Crippen LogP contribution in [-0.2, 0) is 6.18 Å². The van der Waals surface area contributed by atoms with Crippen LogP contribution in [0.3, 0.4) is 0 Å². The van der Waals surface area contributed by atoms with Gasteiger partial charge in [-0.2, -0.15) is 13.2 Å². The molecule has 1 aromatic heterocycles. The molecule has 1 aliphatic heterocycles. The fourth-order valence-corrected chi connectivity index (χ4v) is 4.76. The molecule has 1 aromatic rings. The fourth-order valence-electron chi connectivity index (χ4n) is 4.14. The number of nitrogens with zero attached hydrogens (tertiary/aromatic N) is 3. The quantitative estimate of drug-likeness (QED) is 0.586. The number of anilines is 1. The van der Waals surface area contributed by atoms with Crippen LogP contribution in [0.1, 0.15) is 18.4 Å². The van der Waals surface area contributed by atoms with Gasteiger partial charge in [-0.05, 0) is 43.0 Å². The number of aromatic nitrogens is 1. The molecule has 4 rings (SSSR count). The number of piperazine rings is 1. The molecule has 1 N–H and O–H groups in total. The number of rotatable bonds is 2. The summed E-state index contributed by atoms with van der Waals surface area (Å²) in [5.41, 5.74) is -0.833. The minimum absolute atomic E-state index is 0.0211. The molecule has 9 heteroatoms. The van der Waals surface area contributed by atoms with Crippen molar-refractivity contribution in [1.29, 1.82) is 0 Å². The van der Waals surface area contributed by atoms with Crippen LogP contribution in [0.4, 0.5) is 19.0 Å². The Labute approximate surface area is 166 Å². The molecule has 4 nitrogen and oxygen atoms in total. The highest BCUT2D eigenvalue weighted by Gasteiger charge is 2.37. The summed E-state index contributed by atoms with van der Waals surface area (Å²) in [6.07, 6.45) is 3.32. The predicted octanol–water partition coefficient (Wildman–Crippen LogP) is 3.71. The molecule has 0 amide bonds. The first-order valence-electron chi connectivity index (χ1n) is 9.03. The van der Waals surface area contributed by atoms with Crippen LogP contribution in [0.5, 0.6) is 0 Å². The summed E-state index contributed by atoms with van der Waals surface area (Å²) < 4.78 is 38.3. The Morgan fingerprint density at radius 1 is 1.19 bits per heavy atom. The van der Waals surface area contributed by atoms with Gasteiger partial charge in [0, 0.05) is 38.4 Å². The Morgan fingerprint density at radius 2 is 1.93 bits per heavy atom. The number of hydrogen-bond donors (Lipinski definition) is 1. The second-order valence-electron chi connectivity index (χ2n) is 7.34. The van der Waals surface area contributed by atoms with Crippen molar-refractivity contribution < 1.29 is 13.2 Å². The Kier molecular flexibility index (Phi) is 4.96. The summed E-state index contributed by atoms with van der Waals surface area (Å²) in [4.78, 5) is 7.96. The lowest BCUT2D eigenvalue weighted by Crippen LogP contribution is -2.54. The van der Waals surface area contributed by atoms with E-state index in [1.54, 1.807) is 0 Å². The Morgan fingerprint density at radius 3 is 2.48 bits per heavy atom. The molecule has 146 valence electrons. The van der Waals surface area contributed by atoms with Crippen molar-refractivity contribution in [3.05, 3.63) is 35.0 Å². The number of hydrogen-bond acceptors (Lipinski definition) is 3. The van der Waals surface area contributed by atoms with Crippen molar-refractivity contribution in [2.24, 2.45) is 11.8 Å². The number of fused-ring (bicyclic) bond motifs is 2. The van der Waals surface area contributed by atoms with E-state index in [0.717, 1.165) is 23.8 Å². The van der Waals surface area contributed by atoms with E-state index in [4.69, 9.17) is 23.8 Å². The first-order valence-corrected chi connectivity index (χ1v) is 9.81. The van der Waals surface area contributed by atoms with E-state index < -0.39 is 11.7 Å². The van der Waals surface area contributed by atoms with Crippen LogP contribution in [0.25, 0.3) is 0 Å². The molecule has 3 aliphatic rings. The summed E-state index contributed by atoms with van der Waals surface area (Å²) in [5, 5.41) is 4.27. The van der Waals surface area contributed by atoms with Crippen molar-refractivity contribution in [1.82, 2.24) is 15.2 Å². The van der Waals surface area contributed by atoms with Gasteiger partial charge in [-0.15, -0.1) is 0 Å². The van der Waals surface area contributed by atoms with Crippen molar-refractivity contribution >= 4 is 34.7 Å². The zero-order chi connectivity index (χ0) is 19.2. The zero-order valence-electron chi connectivity index (χ0n) is 14.5. The van der Waals surface area contributed by atoms with E-state index in [9.17, 15) is 13.2 Å². The van der Waals surface area contributed by atoms with Crippen molar-refractivity contribution in [3.8, 4) is 0 Å². The molecule has 1 saturated heterocycles. The maximum atomic E-state index is 12.8. The zero-order valence-corrected chi connectivity index (χ0v) is 16.1. The van der Waals surface area contributed by atoms with Gasteiger partial charge in [0.1, 0.15) is 5.82 Å². The second kappa shape index (κ2) is 7.13. The summed E-state index contributed by atoms with van der Waals surface area (Å²) in [6, 6.07) is 1.35. The van der Waals surface area contributed by atoms with Gasteiger partial charge in [0.15, 0.2) is 5.11 Å². The van der Waals surface area contributed by atoms with Gasteiger partial charge >= 0.3 is 6.18 Å². The molecule has 2 fully saturated rings. The number of pyridine rings is 1. The van der Waals surface area contributed by atoms with Crippen LogP contribution in [0.15, 0.2) is 24.4 Å². The van der Waals surface area contributed by atoms with Crippen LogP contribution < -0.4 is 10.2 Å². The summed E-state index contributed by atoms with van der Waals surface area (Å²) >= 11 is 11.6. The first-order chi connectivity index (χ1) is 12.8. The average molecular weight is 417 g/mol. The van der Waals surface area contributed by atoms with Crippen molar-refractivity contribution in [2.45, 2.75) is 25.1 Å². The van der Waals surface area contributed by atoms with Crippen LogP contribution in [0.2, 0.25) is 5.02 Å². The van der Waals surface area contributed by atoms with Gasteiger partial charge in [-0.1, -0.05) is 23.8 Å². The Hall–Kier alpha value is -1.54. The molecular weight excluding hydrogens is 397 g/mol. The highest BCUT2D eigenvalue weighted by molar-refractivity contribution is 7.80. The SMILES string of the molecule is FC(F)(F)c1cnc(N2CCN(C(=S)N[C@@H]3C[C@H]4C=C[C@H]3C4)CC2)c(Cl)c1. The monoisotopic (exact) mass is 416 g/mol. The van der Waals surface area contributed by atoms with Gasteiger partial charge < -0.3 is 15.1 Å². The molecule has 2 aliphatic carbocycles. The molecule has 0 aromatic carbocycles. The average Bonchev–Trinajstić information content (AvgIpc) is 3.24. The van der Waals surface area contributed by atoms with Gasteiger partial charge in [-0.3, -0.25) is 0 Å². The van der Waals surface area contributed by atoms with Crippen molar-refractivity contribution in [3.63, 3.8) is 0 Å². The van der Waals surface area contributed by atoms with E-state index in [1.807, 2.05) is 4.90 Å². The van der Waals surface area contributed by atoms with Gasteiger partial charge in [-0.25, -0.2) is 4.98 Å². The van der Waals surface area contributed by atoms with Crippen LogP contribution >= 0.6 is 23.8 Å². The first kappa shape index (κ1) is 18.8. The molecule has 1 saturated carbocycles. The molecule has 27 heavy (non-hydrogen) atoms. The molecule has 0 radical (unpaired) electrons. The summed E-state index contributed by atoms with van der Waals surface area (Å²) in [6.45, 7) is 2.58. The van der Waals surface area contributed by atoms with E-state index >= 15 is 0 Å². The third-order valence-electron chi connectivity index (χ3n) is 5.60. The number of allylic oxidation sites excluding steroid dienone is 1. The second-order valence-corrected chi connectivity index (χ2v) is 8.13. The molecule has 0 spiro atoms. The maximum Gasteiger partial charge on any atom is 0.417 e. The standard InChI is InChI=1S/C18H20ClF3N4S/c19-14-9-13(18(20,21)22)10-23-16(14)25-3-5-26(6-4-25)17(27)24-15-8-11-1-2-12(15)7-11/h1-2,9-12,15H,3-8H2,(H,24,27)/t11-,12-,15+/m0/s1. The van der Waals surface area contributed by atoms with Gasteiger partial charge in [0.25, 0.3) is 0 Å². The number of nitrogens with one attached hydrogen (secondary N) is 1. The normalized spacial score (nSPS) is 27.3. The molecular formula is C18H20ClF3N4S. The third-order valence-corrected chi connectivity index (χ3v) is 6.26. The topological polar surface area (TPSA) is 31.4 Å². The van der Waals surface area contributed by atoms with Gasteiger partial charge in [0.2, 0.25) is 0 Å². The lowest BCUT2D eigenvalue weighted by molar-refractivity contribution is -0.137. The molecule has 0 unspecified atom stereocenters. The lowest BCUT2D eigenvalue weighted by atomic mass is 10.0. The van der Waals surface area contributed by atoms with E-state index in [-0.39, 0.29) is 5.02 Å². The smallest absolute Gasteiger partial charge is 0.359 e. The van der Waals surface area contributed by atoms with Crippen LogP contribution in [0, 0.1) is 11.8 Å². The predicted molar refractivity (Wildman–Crippen MR) is 103 cm³/mol. The van der Waals surface area contributed by atoms with E-state index in [2.05, 4.69) is 27.4 Å². The third kappa shape index (κ3) is 3.87. The number of alkyl halides is 3. The fraction of sp³-hybridized carbons (Fsp3) is 0.556. The minimum atomic E-state index is -4.44. The highest BCUT2D eigenvalue weighted by Crippen LogP contribution is 2.39. The van der Waals surface area contributed by atoms with Crippen LogP contribution in [-0.4, -0.2) is 47.2 Å². The Balaban J connectivity index is 1.33. The Bertz CT molecular complexity index is 761. The highest BCUT2D eigenvalue weighted by atomic mass is 35.5. The minimum Gasteiger partial charge on any atom is -0.359 e. The van der Waals surface area contributed by atoms with Crippen molar-refractivity contribution in [2.75, 3.05) is 31.1 Å². The summed E-state index contributed by atoms with van der Waals surface area (Å²) in [7, 11) is 0. The maximum absolute atomic E-state index is 12.8. The largest absolute Gasteiger partial charge is 0.417 e. The number of halogens is 4. The molecule has 2 heterocycles. The number of thiocarbonyl (C=S) groups is 1. The molecule has 2 bridgehead atoms.